The van der Waals surface area contributed by atoms with Gasteiger partial charge in [0.25, 0.3) is 5.91 Å². The molecule has 0 aliphatic rings. The molecule has 0 aliphatic carbocycles. The molecule has 5 nitrogen and oxygen atoms in total. The molecule has 26 heavy (non-hydrogen) atoms. The minimum absolute atomic E-state index is 0.147. The molecular weight excluding hydrogens is 328 g/mol. The lowest BCUT2D eigenvalue weighted by atomic mass is 10.1. The van der Waals surface area contributed by atoms with Gasteiger partial charge in [-0.05, 0) is 42.3 Å². The summed E-state index contributed by atoms with van der Waals surface area (Å²) in [5, 5.41) is 2.92. The van der Waals surface area contributed by atoms with E-state index in [-0.39, 0.29) is 5.91 Å². The fourth-order valence-corrected chi connectivity index (χ4v) is 2.55. The van der Waals surface area contributed by atoms with Gasteiger partial charge in [0.2, 0.25) is 5.88 Å². The van der Waals surface area contributed by atoms with Crippen LogP contribution in [0.3, 0.4) is 0 Å². The molecule has 1 amide bonds. The number of nitrogens with one attached hydrogen (secondary N) is 1. The zero-order valence-corrected chi connectivity index (χ0v) is 14.5. The molecular formula is C21H20N2O3. The first-order chi connectivity index (χ1) is 12.8. The minimum atomic E-state index is -0.147. The summed E-state index contributed by atoms with van der Waals surface area (Å²) in [7, 11) is 1.64. The average molecular weight is 348 g/mol. The van der Waals surface area contributed by atoms with Crippen LogP contribution in [-0.2, 0) is 6.42 Å². The number of nitrogens with zero attached hydrogens (tertiary/aromatic N) is 1. The molecule has 3 aromatic rings. The fourth-order valence-electron chi connectivity index (χ4n) is 2.55. The van der Waals surface area contributed by atoms with Crippen LogP contribution < -0.4 is 14.8 Å². The van der Waals surface area contributed by atoms with Crippen LogP contribution in [-0.4, -0.2) is 24.5 Å². The summed E-state index contributed by atoms with van der Waals surface area (Å²) in [4.78, 5) is 16.5. The molecule has 5 heteroatoms. The van der Waals surface area contributed by atoms with Gasteiger partial charge in [-0.2, -0.15) is 0 Å². The van der Waals surface area contributed by atoms with Crippen LogP contribution >= 0.6 is 0 Å². The van der Waals surface area contributed by atoms with Crippen molar-refractivity contribution in [2.24, 2.45) is 0 Å². The zero-order valence-electron chi connectivity index (χ0n) is 14.5. The van der Waals surface area contributed by atoms with Gasteiger partial charge in [-0.1, -0.05) is 30.3 Å². The number of pyridine rings is 1. The molecule has 1 heterocycles. The van der Waals surface area contributed by atoms with Crippen LogP contribution in [0.15, 0.2) is 72.9 Å². The number of carbonyl (C=O) groups is 1. The second-order valence-electron chi connectivity index (χ2n) is 5.62. The maximum absolute atomic E-state index is 12.4. The molecule has 0 unspecified atom stereocenters. The Morgan fingerprint density at radius 1 is 1.04 bits per heavy atom. The van der Waals surface area contributed by atoms with Crippen molar-refractivity contribution in [3.8, 4) is 17.4 Å². The SMILES string of the molecule is COc1ccccc1CCNC(=O)c1cccc(Oc2ccccn2)c1. The number of benzene rings is 2. The van der Waals surface area contributed by atoms with Gasteiger partial charge in [-0.15, -0.1) is 0 Å². The number of hydrogen-bond acceptors (Lipinski definition) is 4. The highest BCUT2D eigenvalue weighted by Crippen LogP contribution is 2.20. The monoisotopic (exact) mass is 348 g/mol. The van der Waals surface area contributed by atoms with Crippen molar-refractivity contribution in [2.45, 2.75) is 6.42 Å². The normalized spacial score (nSPS) is 10.2. The molecule has 0 aliphatic heterocycles. The average Bonchev–Trinajstić information content (AvgIpc) is 2.69. The summed E-state index contributed by atoms with van der Waals surface area (Å²) in [6.07, 6.45) is 2.35. The molecule has 0 radical (unpaired) electrons. The number of amides is 1. The third-order valence-electron chi connectivity index (χ3n) is 3.83. The lowest BCUT2D eigenvalue weighted by molar-refractivity contribution is 0.0953. The van der Waals surface area contributed by atoms with Crippen molar-refractivity contribution in [1.29, 1.82) is 0 Å². The topological polar surface area (TPSA) is 60.5 Å². The lowest BCUT2D eigenvalue weighted by Crippen LogP contribution is -2.25. The molecule has 2 aromatic carbocycles. The number of ether oxygens (including phenoxy) is 2. The van der Waals surface area contributed by atoms with Crippen molar-refractivity contribution in [1.82, 2.24) is 10.3 Å². The zero-order chi connectivity index (χ0) is 18.2. The summed E-state index contributed by atoms with van der Waals surface area (Å²) in [6.45, 7) is 0.518. The molecule has 0 spiro atoms. The van der Waals surface area contributed by atoms with Gasteiger partial charge in [0.15, 0.2) is 0 Å². The highest BCUT2D eigenvalue weighted by molar-refractivity contribution is 5.94. The second kappa shape index (κ2) is 8.67. The van der Waals surface area contributed by atoms with E-state index in [0.29, 0.717) is 30.2 Å². The van der Waals surface area contributed by atoms with E-state index in [1.807, 2.05) is 36.4 Å². The van der Waals surface area contributed by atoms with E-state index in [2.05, 4.69) is 10.3 Å². The lowest BCUT2D eigenvalue weighted by Gasteiger charge is -2.10. The van der Waals surface area contributed by atoms with Crippen molar-refractivity contribution >= 4 is 5.91 Å². The largest absolute Gasteiger partial charge is 0.496 e. The number of carbonyl (C=O) groups excluding carboxylic acids is 1. The fraction of sp³-hybridized carbons (Fsp3) is 0.143. The first kappa shape index (κ1) is 17.5. The van der Waals surface area contributed by atoms with Crippen molar-refractivity contribution in [3.05, 3.63) is 84.1 Å². The molecule has 0 fully saturated rings. The van der Waals surface area contributed by atoms with Gasteiger partial charge in [-0.3, -0.25) is 4.79 Å². The van der Waals surface area contributed by atoms with E-state index < -0.39 is 0 Å². The van der Waals surface area contributed by atoms with Gasteiger partial charge in [0.1, 0.15) is 11.5 Å². The first-order valence-corrected chi connectivity index (χ1v) is 8.35. The van der Waals surface area contributed by atoms with E-state index in [1.165, 1.54) is 0 Å². The summed E-state index contributed by atoms with van der Waals surface area (Å²) in [5.41, 5.74) is 1.60. The number of rotatable bonds is 7. The molecule has 1 N–H and O–H groups in total. The summed E-state index contributed by atoms with van der Waals surface area (Å²) in [6, 6.07) is 20.2. The predicted molar refractivity (Wildman–Crippen MR) is 99.8 cm³/mol. The Morgan fingerprint density at radius 3 is 2.69 bits per heavy atom. The van der Waals surface area contributed by atoms with Gasteiger partial charge in [-0.25, -0.2) is 4.98 Å². The smallest absolute Gasteiger partial charge is 0.251 e. The first-order valence-electron chi connectivity index (χ1n) is 8.35. The second-order valence-corrected chi connectivity index (χ2v) is 5.62. The van der Waals surface area contributed by atoms with E-state index in [1.54, 1.807) is 43.6 Å². The maximum atomic E-state index is 12.4. The third kappa shape index (κ3) is 4.60. The van der Waals surface area contributed by atoms with Crippen LogP contribution in [0.25, 0.3) is 0 Å². The Morgan fingerprint density at radius 2 is 1.88 bits per heavy atom. The Hall–Kier alpha value is -3.34. The quantitative estimate of drug-likeness (QED) is 0.704. The summed E-state index contributed by atoms with van der Waals surface area (Å²) in [5.74, 6) is 1.74. The highest BCUT2D eigenvalue weighted by Gasteiger charge is 2.08. The summed E-state index contributed by atoms with van der Waals surface area (Å²) < 4.78 is 11.0. The van der Waals surface area contributed by atoms with Crippen LogP contribution in [0.2, 0.25) is 0 Å². The minimum Gasteiger partial charge on any atom is -0.496 e. The molecule has 1 aromatic heterocycles. The van der Waals surface area contributed by atoms with Crippen LogP contribution in [0.1, 0.15) is 15.9 Å². The van der Waals surface area contributed by atoms with E-state index in [9.17, 15) is 4.79 Å². The Labute approximate surface area is 152 Å². The van der Waals surface area contributed by atoms with Crippen LogP contribution in [0.4, 0.5) is 0 Å². The van der Waals surface area contributed by atoms with Crippen molar-refractivity contribution < 1.29 is 14.3 Å². The van der Waals surface area contributed by atoms with Gasteiger partial charge < -0.3 is 14.8 Å². The number of aromatic nitrogens is 1. The Balaban J connectivity index is 1.59. The van der Waals surface area contributed by atoms with Gasteiger partial charge in [0.05, 0.1) is 7.11 Å². The van der Waals surface area contributed by atoms with E-state index in [0.717, 1.165) is 11.3 Å². The molecule has 0 saturated carbocycles. The number of hydrogen-bond donors (Lipinski definition) is 1. The highest BCUT2D eigenvalue weighted by atomic mass is 16.5. The van der Waals surface area contributed by atoms with Gasteiger partial charge in [0, 0.05) is 24.4 Å². The standard InChI is InChI=1S/C21H20N2O3/c1-25-19-10-3-2-7-16(19)12-14-23-21(24)17-8-6-9-18(15-17)26-20-11-4-5-13-22-20/h2-11,13,15H,12,14H2,1H3,(H,23,24). The van der Waals surface area contributed by atoms with E-state index >= 15 is 0 Å². The third-order valence-corrected chi connectivity index (χ3v) is 3.83. The molecule has 132 valence electrons. The Bertz CT molecular complexity index is 866. The maximum Gasteiger partial charge on any atom is 0.251 e. The predicted octanol–water partition coefficient (Wildman–Crippen LogP) is 3.86. The molecule has 0 atom stereocenters. The van der Waals surface area contributed by atoms with Crippen LogP contribution in [0, 0.1) is 0 Å². The molecule has 3 rings (SSSR count). The number of para-hydroxylation sites is 1. The van der Waals surface area contributed by atoms with E-state index in [4.69, 9.17) is 9.47 Å². The summed E-state index contributed by atoms with van der Waals surface area (Å²) >= 11 is 0. The molecule has 0 bridgehead atoms. The van der Waals surface area contributed by atoms with Crippen LogP contribution in [0.5, 0.6) is 17.4 Å². The molecule has 0 saturated heterocycles. The Kier molecular flexibility index (Phi) is 5.83. The van der Waals surface area contributed by atoms with Gasteiger partial charge >= 0.3 is 0 Å². The number of methoxy groups -OCH3 is 1. The van der Waals surface area contributed by atoms with Crippen molar-refractivity contribution in [2.75, 3.05) is 13.7 Å². The van der Waals surface area contributed by atoms with Crippen molar-refractivity contribution in [3.63, 3.8) is 0 Å².